The van der Waals surface area contributed by atoms with Crippen LogP contribution in [0.1, 0.15) is 68.2 Å². The first kappa shape index (κ1) is 30.2. The van der Waals surface area contributed by atoms with Crippen molar-refractivity contribution >= 4 is 40.2 Å². The van der Waals surface area contributed by atoms with Gasteiger partial charge in [0.1, 0.15) is 5.02 Å². The molecule has 0 saturated carbocycles. The van der Waals surface area contributed by atoms with Gasteiger partial charge in [0.2, 0.25) is 5.95 Å². The van der Waals surface area contributed by atoms with Gasteiger partial charge >= 0.3 is 5.69 Å². The molecule has 3 aromatic rings. The SMILES string of the molecule is CC(C)(O)CCn1c(=O)n(CCC(C)(C)O)c2ncc(Nc3nc(N4CCOC(C)(C)C4(C)C)ncc3Cl)cc21. The van der Waals surface area contributed by atoms with Gasteiger partial charge in [0, 0.05) is 19.6 Å². The Hall–Kier alpha value is -2.73. The predicted octanol–water partition coefficient (Wildman–Crippen LogP) is 4.10. The largest absolute Gasteiger partial charge is 0.390 e. The zero-order chi connectivity index (χ0) is 29.7. The average molecular weight is 576 g/mol. The minimum Gasteiger partial charge on any atom is -0.390 e. The molecule has 12 heteroatoms. The Bertz CT molecular complexity index is 1430. The molecule has 0 amide bonds. The minimum absolute atomic E-state index is 0.243. The second-order valence-corrected chi connectivity index (χ2v) is 13.2. The lowest BCUT2D eigenvalue weighted by Crippen LogP contribution is -2.64. The summed E-state index contributed by atoms with van der Waals surface area (Å²) in [7, 11) is 0. The highest BCUT2D eigenvalue weighted by molar-refractivity contribution is 6.32. The van der Waals surface area contributed by atoms with E-state index in [2.05, 4.69) is 47.9 Å². The van der Waals surface area contributed by atoms with Crippen LogP contribution in [0.25, 0.3) is 11.2 Å². The number of nitrogens with zero attached hydrogens (tertiary/aromatic N) is 6. The van der Waals surface area contributed by atoms with Gasteiger partial charge in [-0.2, -0.15) is 4.98 Å². The second kappa shape index (κ2) is 10.6. The number of pyridine rings is 1. The number of fused-ring (bicyclic) bond motifs is 1. The van der Waals surface area contributed by atoms with E-state index in [4.69, 9.17) is 21.3 Å². The van der Waals surface area contributed by atoms with E-state index in [0.717, 1.165) is 0 Å². The summed E-state index contributed by atoms with van der Waals surface area (Å²) in [6.07, 6.45) is 3.96. The number of aliphatic hydroxyl groups is 2. The smallest absolute Gasteiger partial charge is 0.330 e. The van der Waals surface area contributed by atoms with Crippen molar-refractivity contribution in [2.24, 2.45) is 0 Å². The molecule has 0 radical (unpaired) electrons. The number of imidazole rings is 1. The first-order valence-corrected chi connectivity index (χ1v) is 14.0. The van der Waals surface area contributed by atoms with Crippen LogP contribution < -0.4 is 15.9 Å². The van der Waals surface area contributed by atoms with Crippen LogP contribution in [0, 0.1) is 0 Å². The molecule has 1 saturated heterocycles. The van der Waals surface area contributed by atoms with Crippen molar-refractivity contribution < 1.29 is 14.9 Å². The Morgan fingerprint density at radius 2 is 1.65 bits per heavy atom. The number of ether oxygens (including phenoxy) is 1. The van der Waals surface area contributed by atoms with Gasteiger partial charge in [0.05, 0.1) is 52.5 Å². The lowest BCUT2D eigenvalue weighted by atomic mass is 9.83. The third-order valence-electron chi connectivity index (χ3n) is 7.91. The van der Waals surface area contributed by atoms with Gasteiger partial charge in [-0.3, -0.25) is 9.13 Å². The van der Waals surface area contributed by atoms with Crippen molar-refractivity contribution in [1.82, 2.24) is 24.1 Å². The van der Waals surface area contributed by atoms with E-state index in [-0.39, 0.29) is 11.2 Å². The van der Waals surface area contributed by atoms with Crippen LogP contribution in [0.3, 0.4) is 0 Å². The molecule has 0 spiro atoms. The number of aromatic nitrogens is 5. The molecule has 1 aliphatic rings. The Labute approximate surface area is 240 Å². The van der Waals surface area contributed by atoms with Crippen molar-refractivity contribution in [2.45, 2.75) is 104 Å². The molecule has 0 aromatic carbocycles. The van der Waals surface area contributed by atoms with Gasteiger partial charge in [-0.25, -0.2) is 14.8 Å². The van der Waals surface area contributed by atoms with Gasteiger partial charge in [-0.15, -0.1) is 0 Å². The number of morpholine rings is 1. The van der Waals surface area contributed by atoms with Crippen LogP contribution in [0.15, 0.2) is 23.3 Å². The Morgan fingerprint density at radius 1 is 1.02 bits per heavy atom. The normalized spacial score (nSPS) is 17.4. The van der Waals surface area contributed by atoms with Crippen LogP contribution in [-0.2, 0) is 17.8 Å². The predicted molar refractivity (Wildman–Crippen MR) is 158 cm³/mol. The molecule has 11 nitrogen and oxygen atoms in total. The van der Waals surface area contributed by atoms with E-state index in [1.54, 1.807) is 49.2 Å². The summed E-state index contributed by atoms with van der Waals surface area (Å²) in [6, 6.07) is 1.83. The zero-order valence-electron chi connectivity index (χ0n) is 24.7. The Balaban J connectivity index is 1.71. The molecule has 3 N–H and O–H groups in total. The van der Waals surface area contributed by atoms with Crippen molar-refractivity contribution in [3.05, 3.63) is 34.0 Å². The molecule has 0 bridgehead atoms. The van der Waals surface area contributed by atoms with Crippen molar-refractivity contribution in [3.63, 3.8) is 0 Å². The fourth-order valence-corrected chi connectivity index (χ4v) is 4.82. The summed E-state index contributed by atoms with van der Waals surface area (Å²) in [6.45, 7) is 17.0. The molecule has 4 rings (SSSR count). The number of hydrogen-bond acceptors (Lipinski definition) is 9. The summed E-state index contributed by atoms with van der Waals surface area (Å²) >= 11 is 6.51. The van der Waals surface area contributed by atoms with Gasteiger partial charge in [-0.1, -0.05) is 11.6 Å². The van der Waals surface area contributed by atoms with E-state index in [1.165, 1.54) is 0 Å². The zero-order valence-corrected chi connectivity index (χ0v) is 25.5. The topological polar surface area (TPSA) is 131 Å². The highest BCUT2D eigenvalue weighted by Crippen LogP contribution is 2.37. The lowest BCUT2D eigenvalue weighted by molar-refractivity contribution is -0.0874. The molecular weight excluding hydrogens is 534 g/mol. The van der Waals surface area contributed by atoms with Gasteiger partial charge < -0.3 is 25.2 Å². The maximum absolute atomic E-state index is 13.4. The van der Waals surface area contributed by atoms with Gasteiger partial charge in [0.15, 0.2) is 11.5 Å². The van der Waals surface area contributed by atoms with E-state index in [9.17, 15) is 15.0 Å². The Kier molecular flexibility index (Phi) is 8.01. The highest BCUT2D eigenvalue weighted by atomic mass is 35.5. The second-order valence-electron chi connectivity index (χ2n) is 12.8. The number of rotatable bonds is 9. The average Bonchev–Trinajstić information content (AvgIpc) is 3.08. The first-order valence-electron chi connectivity index (χ1n) is 13.6. The molecule has 40 heavy (non-hydrogen) atoms. The van der Waals surface area contributed by atoms with E-state index in [1.807, 2.05) is 6.07 Å². The lowest BCUT2D eigenvalue weighted by Gasteiger charge is -2.52. The fourth-order valence-electron chi connectivity index (χ4n) is 4.68. The highest BCUT2D eigenvalue weighted by Gasteiger charge is 2.47. The number of nitrogens with one attached hydrogen (secondary N) is 1. The molecule has 1 aliphatic heterocycles. The van der Waals surface area contributed by atoms with E-state index >= 15 is 0 Å². The molecular formula is C28H42ClN7O4. The molecule has 4 heterocycles. The van der Waals surface area contributed by atoms with Gasteiger partial charge in [0.25, 0.3) is 0 Å². The summed E-state index contributed by atoms with van der Waals surface area (Å²) < 4.78 is 9.20. The minimum atomic E-state index is -0.947. The van der Waals surface area contributed by atoms with Crippen LogP contribution in [0.5, 0.6) is 0 Å². The first-order chi connectivity index (χ1) is 18.4. The maximum Gasteiger partial charge on any atom is 0.330 e. The van der Waals surface area contributed by atoms with E-state index in [0.29, 0.717) is 72.7 Å². The third-order valence-corrected chi connectivity index (χ3v) is 8.19. The molecule has 220 valence electrons. The maximum atomic E-state index is 13.4. The molecule has 1 fully saturated rings. The van der Waals surface area contributed by atoms with Crippen molar-refractivity contribution in [1.29, 1.82) is 0 Å². The summed E-state index contributed by atoms with van der Waals surface area (Å²) in [5.74, 6) is 0.946. The van der Waals surface area contributed by atoms with Crippen LogP contribution in [0.2, 0.25) is 5.02 Å². The molecule has 0 aliphatic carbocycles. The van der Waals surface area contributed by atoms with Crippen LogP contribution in [-0.4, -0.2) is 69.8 Å². The molecule has 0 atom stereocenters. The molecule has 3 aromatic heterocycles. The van der Waals surface area contributed by atoms with Gasteiger partial charge in [-0.05, 0) is 74.3 Å². The summed E-state index contributed by atoms with van der Waals surface area (Å²) in [5.41, 5.74) is -1.21. The monoisotopic (exact) mass is 575 g/mol. The molecule has 0 unspecified atom stereocenters. The van der Waals surface area contributed by atoms with E-state index < -0.39 is 16.8 Å². The standard InChI is InChI=1S/C28H42ClN7O4/c1-25(2,38)9-11-34-20-15-18(16-30-22(20)35(24(34)37)12-10-26(3,4)39)32-21-19(29)17-31-23(33-21)36-13-14-40-28(7,8)27(36,5)6/h15-17,38-39H,9-14H2,1-8H3,(H,31,32,33). The number of hydrogen-bond donors (Lipinski definition) is 3. The number of halogens is 1. The Morgan fingerprint density at radius 3 is 2.27 bits per heavy atom. The third kappa shape index (κ3) is 6.27. The quantitative estimate of drug-likeness (QED) is 0.345. The van der Waals surface area contributed by atoms with Crippen LogP contribution in [0.4, 0.5) is 17.5 Å². The number of aryl methyl sites for hydroxylation is 2. The summed E-state index contributed by atoms with van der Waals surface area (Å²) in [4.78, 5) is 29.4. The fraction of sp³-hybridized carbons (Fsp3) is 0.643. The number of anilines is 3. The summed E-state index contributed by atoms with van der Waals surface area (Å²) in [5, 5.41) is 24.2. The van der Waals surface area contributed by atoms with Crippen molar-refractivity contribution in [2.75, 3.05) is 23.4 Å². The van der Waals surface area contributed by atoms with Crippen LogP contribution >= 0.6 is 11.6 Å². The van der Waals surface area contributed by atoms with Crippen molar-refractivity contribution in [3.8, 4) is 0 Å².